The van der Waals surface area contributed by atoms with Gasteiger partial charge in [-0.3, -0.25) is 4.98 Å². The molecule has 132 valence electrons. The number of para-hydroxylation sites is 1. The van der Waals surface area contributed by atoms with Gasteiger partial charge in [-0.1, -0.05) is 18.2 Å². The third kappa shape index (κ3) is 4.39. The fourth-order valence-corrected chi connectivity index (χ4v) is 2.35. The van der Waals surface area contributed by atoms with E-state index in [9.17, 15) is 13.2 Å². The number of pyridine rings is 1. The largest absolute Gasteiger partial charge is 0.484 e. The minimum atomic E-state index is -4.40. The van der Waals surface area contributed by atoms with Crippen LogP contribution in [0.2, 0.25) is 0 Å². The van der Waals surface area contributed by atoms with Gasteiger partial charge in [0, 0.05) is 18.0 Å². The molecule has 0 N–H and O–H groups in total. The normalized spacial score (nSPS) is 11.2. The van der Waals surface area contributed by atoms with E-state index in [1.54, 1.807) is 47.4 Å². The third-order valence-corrected chi connectivity index (χ3v) is 3.50. The van der Waals surface area contributed by atoms with Crippen molar-refractivity contribution in [3.63, 3.8) is 0 Å². The number of nitriles is 1. The van der Waals surface area contributed by atoms with E-state index in [2.05, 4.69) is 9.97 Å². The third-order valence-electron chi connectivity index (χ3n) is 3.50. The Morgan fingerprint density at radius 3 is 2.69 bits per heavy atom. The van der Waals surface area contributed by atoms with Crippen molar-refractivity contribution in [2.75, 3.05) is 6.61 Å². The van der Waals surface area contributed by atoms with E-state index in [-0.39, 0.29) is 5.75 Å². The Kier molecular flexibility index (Phi) is 4.89. The van der Waals surface area contributed by atoms with Crippen LogP contribution in [0.15, 0.2) is 55.1 Å². The molecule has 0 atom stereocenters. The van der Waals surface area contributed by atoms with Gasteiger partial charge in [-0.15, -0.1) is 0 Å². The minimum absolute atomic E-state index is 0.171. The second-order valence-corrected chi connectivity index (χ2v) is 5.48. The highest BCUT2D eigenvalue weighted by Crippen LogP contribution is 2.23. The van der Waals surface area contributed by atoms with Crippen LogP contribution in [-0.2, 0) is 6.54 Å². The van der Waals surface area contributed by atoms with E-state index in [1.807, 2.05) is 6.07 Å². The molecule has 0 amide bonds. The smallest absolute Gasteiger partial charge is 0.422 e. The Bertz CT molecular complexity index is 944. The number of ether oxygens (including phenoxy) is 1. The van der Waals surface area contributed by atoms with E-state index in [1.165, 1.54) is 12.3 Å². The van der Waals surface area contributed by atoms with Crippen molar-refractivity contribution in [2.24, 2.45) is 0 Å². The Balaban J connectivity index is 1.78. The van der Waals surface area contributed by atoms with Crippen LogP contribution in [0.1, 0.15) is 11.1 Å². The maximum atomic E-state index is 12.4. The molecule has 0 radical (unpaired) electrons. The molecule has 0 unspecified atom stereocenters. The number of alkyl halides is 3. The lowest BCUT2D eigenvalue weighted by atomic mass is 10.2. The van der Waals surface area contributed by atoms with E-state index >= 15 is 0 Å². The lowest BCUT2D eigenvalue weighted by Gasteiger charge is -2.13. The summed E-state index contributed by atoms with van der Waals surface area (Å²) in [6.07, 6.45) is 0.389. The van der Waals surface area contributed by atoms with Crippen LogP contribution in [0.5, 0.6) is 5.75 Å². The fourth-order valence-electron chi connectivity index (χ4n) is 2.35. The number of hydrogen-bond acceptors (Lipinski definition) is 4. The average Bonchev–Trinajstić information content (AvgIpc) is 3.09. The minimum Gasteiger partial charge on any atom is -0.484 e. The van der Waals surface area contributed by atoms with Crippen molar-refractivity contribution in [2.45, 2.75) is 12.7 Å². The SMILES string of the molecule is N#Cc1ccnc(-c2cn(Cc3ccccc3OCC(F)(F)F)cn2)c1. The summed E-state index contributed by atoms with van der Waals surface area (Å²) in [5.74, 6) is 0.171. The highest BCUT2D eigenvalue weighted by atomic mass is 19.4. The second-order valence-electron chi connectivity index (χ2n) is 5.48. The summed E-state index contributed by atoms with van der Waals surface area (Å²) in [5.41, 5.74) is 2.18. The van der Waals surface area contributed by atoms with Gasteiger partial charge in [-0.25, -0.2) is 4.98 Å². The molecule has 3 rings (SSSR count). The molecule has 0 aliphatic rings. The summed E-state index contributed by atoms with van der Waals surface area (Å²) in [4.78, 5) is 8.42. The lowest BCUT2D eigenvalue weighted by Crippen LogP contribution is -2.19. The van der Waals surface area contributed by atoms with Gasteiger partial charge in [0.25, 0.3) is 0 Å². The molecule has 8 heteroatoms. The Morgan fingerprint density at radius 2 is 1.92 bits per heavy atom. The van der Waals surface area contributed by atoms with Crippen molar-refractivity contribution in [3.05, 3.63) is 66.2 Å². The molecule has 0 saturated carbocycles. The number of hydrogen-bond donors (Lipinski definition) is 0. The summed E-state index contributed by atoms with van der Waals surface area (Å²) in [6, 6.07) is 11.8. The van der Waals surface area contributed by atoms with Gasteiger partial charge in [0.1, 0.15) is 11.4 Å². The molecule has 0 aliphatic carbocycles. The summed E-state index contributed by atoms with van der Waals surface area (Å²) in [6.45, 7) is -1.05. The number of halogens is 3. The van der Waals surface area contributed by atoms with Gasteiger partial charge in [0.2, 0.25) is 0 Å². The van der Waals surface area contributed by atoms with Crippen molar-refractivity contribution in [1.82, 2.24) is 14.5 Å². The lowest BCUT2D eigenvalue weighted by molar-refractivity contribution is -0.153. The maximum absolute atomic E-state index is 12.4. The van der Waals surface area contributed by atoms with E-state index in [4.69, 9.17) is 10.00 Å². The van der Waals surface area contributed by atoms with E-state index < -0.39 is 12.8 Å². The quantitative estimate of drug-likeness (QED) is 0.696. The van der Waals surface area contributed by atoms with Crippen LogP contribution in [-0.4, -0.2) is 27.3 Å². The number of imidazole rings is 1. The molecule has 26 heavy (non-hydrogen) atoms. The molecule has 0 aliphatic heterocycles. The van der Waals surface area contributed by atoms with E-state index in [0.29, 0.717) is 29.1 Å². The van der Waals surface area contributed by atoms with Gasteiger partial charge >= 0.3 is 6.18 Å². The number of nitrogens with zero attached hydrogens (tertiary/aromatic N) is 4. The number of rotatable bonds is 5. The molecule has 0 spiro atoms. The first kappa shape index (κ1) is 17.5. The van der Waals surface area contributed by atoms with Crippen LogP contribution >= 0.6 is 0 Å². The second kappa shape index (κ2) is 7.27. The van der Waals surface area contributed by atoms with Crippen LogP contribution in [0.3, 0.4) is 0 Å². The van der Waals surface area contributed by atoms with Crippen molar-refractivity contribution in [3.8, 4) is 23.2 Å². The monoisotopic (exact) mass is 358 g/mol. The molecular weight excluding hydrogens is 345 g/mol. The van der Waals surface area contributed by atoms with Gasteiger partial charge in [-0.05, 0) is 18.2 Å². The fraction of sp³-hybridized carbons (Fsp3) is 0.167. The Morgan fingerprint density at radius 1 is 1.12 bits per heavy atom. The molecule has 0 fully saturated rings. The first-order chi connectivity index (χ1) is 12.4. The van der Waals surface area contributed by atoms with Crippen molar-refractivity contribution in [1.29, 1.82) is 5.26 Å². The highest BCUT2D eigenvalue weighted by Gasteiger charge is 2.28. The first-order valence-electron chi connectivity index (χ1n) is 7.60. The zero-order valence-electron chi connectivity index (χ0n) is 13.4. The van der Waals surface area contributed by atoms with Crippen LogP contribution in [0.25, 0.3) is 11.4 Å². The summed E-state index contributed by atoms with van der Waals surface area (Å²) >= 11 is 0. The van der Waals surface area contributed by atoms with E-state index in [0.717, 1.165) is 0 Å². The van der Waals surface area contributed by atoms with Crippen molar-refractivity contribution < 1.29 is 17.9 Å². The predicted octanol–water partition coefficient (Wildman–Crippen LogP) is 3.81. The molecule has 2 aromatic heterocycles. The van der Waals surface area contributed by atoms with Crippen molar-refractivity contribution >= 4 is 0 Å². The maximum Gasteiger partial charge on any atom is 0.422 e. The number of aromatic nitrogens is 3. The average molecular weight is 358 g/mol. The zero-order valence-corrected chi connectivity index (χ0v) is 13.4. The summed E-state index contributed by atoms with van der Waals surface area (Å²) in [5, 5.41) is 8.95. The highest BCUT2D eigenvalue weighted by molar-refractivity contribution is 5.55. The van der Waals surface area contributed by atoms with Gasteiger partial charge in [-0.2, -0.15) is 18.4 Å². The zero-order chi connectivity index (χ0) is 18.6. The Labute approximate surface area is 147 Å². The molecule has 0 bridgehead atoms. The molecule has 1 aromatic carbocycles. The molecule has 3 aromatic rings. The molecule has 0 saturated heterocycles. The Hall–Kier alpha value is -3.34. The topological polar surface area (TPSA) is 63.7 Å². The predicted molar refractivity (Wildman–Crippen MR) is 87.3 cm³/mol. The molecule has 2 heterocycles. The summed E-state index contributed by atoms with van der Waals surface area (Å²) < 4.78 is 43.8. The first-order valence-corrected chi connectivity index (χ1v) is 7.60. The van der Waals surface area contributed by atoms with Gasteiger partial charge in [0.15, 0.2) is 6.61 Å². The molecule has 5 nitrogen and oxygen atoms in total. The van der Waals surface area contributed by atoms with Gasteiger partial charge in [0.05, 0.1) is 30.2 Å². The standard InChI is InChI=1S/C18H13F3N4O/c19-18(20,21)11-26-17-4-2-1-3-14(17)9-25-10-16(24-12-25)15-7-13(8-22)5-6-23-15/h1-7,10,12H,9,11H2. The van der Waals surface area contributed by atoms with Crippen LogP contribution < -0.4 is 4.74 Å². The summed E-state index contributed by atoms with van der Waals surface area (Å²) in [7, 11) is 0. The van der Waals surface area contributed by atoms with Crippen LogP contribution in [0, 0.1) is 11.3 Å². The van der Waals surface area contributed by atoms with Crippen LogP contribution in [0.4, 0.5) is 13.2 Å². The van der Waals surface area contributed by atoms with Gasteiger partial charge < -0.3 is 9.30 Å². The number of benzene rings is 1. The molecular formula is C18H13F3N4O.